The van der Waals surface area contributed by atoms with E-state index < -0.39 is 0 Å². The lowest BCUT2D eigenvalue weighted by molar-refractivity contribution is 0.709. The molecule has 3 nitrogen and oxygen atoms in total. The van der Waals surface area contributed by atoms with Crippen molar-refractivity contribution in [3.63, 3.8) is 0 Å². The van der Waals surface area contributed by atoms with Crippen molar-refractivity contribution >= 4 is 76.7 Å². The highest BCUT2D eigenvalue weighted by Crippen LogP contribution is 2.46. The number of allylic oxidation sites excluding steroid dienone is 3. The van der Waals surface area contributed by atoms with Gasteiger partial charge in [-0.05, 0) is 90.0 Å². The third-order valence-electron chi connectivity index (χ3n) is 14.5. The summed E-state index contributed by atoms with van der Waals surface area (Å²) in [6.07, 6.45) is 14.7. The van der Waals surface area contributed by atoms with Gasteiger partial charge in [0, 0.05) is 44.9 Å². The number of pyridine rings is 2. The van der Waals surface area contributed by atoms with E-state index in [1.807, 2.05) is 6.07 Å². The molecule has 0 spiro atoms. The number of nitrogens with zero attached hydrogens (tertiary/aromatic N) is 3. The zero-order chi connectivity index (χ0) is 43.3. The summed E-state index contributed by atoms with van der Waals surface area (Å²) in [5.74, 6) is 0.454. The fourth-order valence-corrected chi connectivity index (χ4v) is 11.4. The standard InChI is InChI=1S/C63H41N3/c1-2-12-39(13-3-1)56-34-30-41-26-27-42-31-35-57(65-63(42)62(41)64-56)44-29-33-50-49-32-28-43(36-54(49)47-16-4-5-17-48(47)55(50)37-44)38-22-24-40(25-23-38)61-60-52-19-9-7-15-46(52)45-14-6-8-18-51(45)59(60)53-20-10-11-21-58(53)66-61/h1-35,37,43,53,58H,36H2. The van der Waals surface area contributed by atoms with Gasteiger partial charge in [0.25, 0.3) is 0 Å². The Morgan fingerprint density at radius 1 is 0.424 bits per heavy atom. The van der Waals surface area contributed by atoms with E-state index in [9.17, 15) is 0 Å². The first-order valence-corrected chi connectivity index (χ1v) is 23.1. The van der Waals surface area contributed by atoms with Crippen LogP contribution in [0.2, 0.25) is 0 Å². The van der Waals surface area contributed by atoms with Gasteiger partial charge in [0.05, 0.1) is 34.2 Å². The zero-order valence-corrected chi connectivity index (χ0v) is 36.1. The van der Waals surface area contributed by atoms with E-state index in [0.29, 0.717) is 0 Å². The Kier molecular flexibility index (Phi) is 8.23. The van der Waals surface area contributed by atoms with Crippen molar-refractivity contribution in [2.45, 2.75) is 24.3 Å². The van der Waals surface area contributed by atoms with Crippen LogP contribution in [0.1, 0.15) is 45.2 Å². The second kappa shape index (κ2) is 14.6. The minimum absolute atomic E-state index is 0.0638. The number of fused-ring (bicyclic) bond motifs is 17. The first-order chi connectivity index (χ1) is 32.7. The van der Waals surface area contributed by atoms with Crippen molar-refractivity contribution in [2.75, 3.05) is 0 Å². The van der Waals surface area contributed by atoms with Gasteiger partial charge in [-0.2, -0.15) is 0 Å². The Morgan fingerprint density at radius 3 is 1.76 bits per heavy atom. The van der Waals surface area contributed by atoms with E-state index >= 15 is 0 Å². The summed E-state index contributed by atoms with van der Waals surface area (Å²) < 4.78 is 0. The zero-order valence-electron chi connectivity index (χ0n) is 36.1. The molecule has 3 unspecified atom stereocenters. The van der Waals surface area contributed by atoms with Crippen molar-refractivity contribution in [1.29, 1.82) is 0 Å². The number of hydrogen-bond donors (Lipinski definition) is 0. The number of aliphatic imine (C=N–C) groups is 1. The quantitative estimate of drug-likeness (QED) is 0.166. The van der Waals surface area contributed by atoms with Gasteiger partial charge >= 0.3 is 0 Å². The van der Waals surface area contributed by atoms with Crippen LogP contribution >= 0.6 is 0 Å². The number of rotatable bonds is 4. The molecule has 3 heterocycles. The summed E-state index contributed by atoms with van der Waals surface area (Å²) in [5.41, 5.74) is 14.9. The summed E-state index contributed by atoms with van der Waals surface area (Å²) in [6, 6.07) is 66.3. The third kappa shape index (κ3) is 5.73. The predicted molar refractivity (Wildman–Crippen MR) is 277 cm³/mol. The van der Waals surface area contributed by atoms with Gasteiger partial charge < -0.3 is 0 Å². The number of benzene rings is 9. The normalized spacial score (nSPS) is 17.4. The van der Waals surface area contributed by atoms with Gasteiger partial charge in [-0.1, -0.05) is 200 Å². The molecule has 3 aliphatic rings. The highest BCUT2D eigenvalue weighted by molar-refractivity contribution is 6.26. The lowest BCUT2D eigenvalue weighted by Crippen LogP contribution is -2.26. The van der Waals surface area contributed by atoms with E-state index in [-0.39, 0.29) is 17.9 Å². The van der Waals surface area contributed by atoms with Crippen molar-refractivity contribution < 1.29 is 0 Å². The van der Waals surface area contributed by atoms with E-state index in [1.54, 1.807) is 0 Å². The Morgan fingerprint density at radius 2 is 1.02 bits per heavy atom. The van der Waals surface area contributed by atoms with Crippen molar-refractivity contribution in [2.24, 2.45) is 4.99 Å². The first-order valence-electron chi connectivity index (χ1n) is 23.1. The van der Waals surface area contributed by atoms with E-state index in [0.717, 1.165) is 62.0 Å². The molecule has 9 aromatic carbocycles. The Labute approximate surface area is 382 Å². The molecule has 0 bridgehead atoms. The molecule has 14 rings (SSSR count). The summed E-state index contributed by atoms with van der Waals surface area (Å²) in [6.45, 7) is 0. The smallest absolute Gasteiger partial charge is 0.0972 e. The molecular formula is C63H41N3. The van der Waals surface area contributed by atoms with Crippen LogP contribution in [-0.2, 0) is 6.42 Å². The maximum atomic E-state index is 5.53. The second-order valence-electron chi connectivity index (χ2n) is 18.1. The fourth-order valence-electron chi connectivity index (χ4n) is 11.4. The summed E-state index contributed by atoms with van der Waals surface area (Å²) >= 11 is 0. The van der Waals surface area contributed by atoms with Crippen LogP contribution in [0.4, 0.5) is 0 Å². The lowest BCUT2D eigenvalue weighted by atomic mass is 9.75. The minimum Gasteiger partial charge on any atom is -0.276 e. The third-order valence-corrected chi connectivity index (χ3v) is 14.5. The molecule has 1 aliphatic heterocycles. The molecule has 0 radical (unpaired) electrons. The van der Waals surface area contributed by atoms with Crippen LogP contribution in [-0.4, -0.2) is 21.7 Å². The number of hydrogen-bond acceptors (Lipinski definition) is 3. The molecule has 3 atom stereocenters. The van der Waals surface area contributed by atoms with Gasteiger partial charge in [0.15, 0.2) is 0 Å². The average Bonchev–Trinajstić information content (AvgIpc) is 3.40. The van der Waals surface area contributed by atoms with Crippen LogP contribution in [0.5, 0.6) is 0 Å². The van der Waals surface area contributed by atoms with Crippen molar-refractivity contribution in [3.8, 4) is 22.5 Å². The molecule has 2 aliphatic carbocycles. The second-order valence-corrected chi connectivity index (χ2v) is 18.1. The highest BCUT2D eigenvalue weighted by Gasteiger charge is 2.33. The highest BCUT2D eigenvalue weighted by atomic mass is 14.8. The van der Waals surface area contributed by atoms with Crippen LogP contribution in [0.3, 0.4) is 0 Å². The maximum Gasteiger partial charge on any atom is 0.0972 e. The van der Waals surface area contributed by atoms with Gasteiger partial charge in [-0.25, -0.2) is 9.97 Å². The molecular weight excluding hydrogens is 799 g/mol. The SMILES string of the molecule is C1=CC2N=C(c3ccc(C4C=Cc5c(c6ccccc6c6cc(-c7ccc8ccc9ccc(-c%10ccccc%10)nc9c8n7)ccc56)C4)cc3)c3c(c4ccccc4c4ccccc34)C2C=C1. The molecule has 11 aromatic rings. The molecule has 0 saturated carbocycles. The molecule has 3 heteroatoms. The topological polar surface area (TPSA) is 38.1 Å². The Hall–Kier alpha value is -8.27. The van der Waals surface area contributed by atoms with Crippen molar-refractivity contribution in [3.05, 3.63) is 246 Å². The van der Waals surface area contributed by atoms with Crippen LogP contribution in [0.15, 0.2) is 217 Å². The first kappa shape index (κ1) is 37.1. The number of aromatic nitrogens is 2. The van der Waals surface area contributed by atoms with Crippen LogP contribution < -0.4 is 0 Å². The summed E-state index contributed by atoms with van der Waals surface area (Å²) in [7, 11) is 0. The minimum atomic E-state index is 0.0638. The molecule has 0 saturated heterocycles. The monoisotopic (exact) mass is 839 g/mol. The fraction of sp³-hybridized carbons (Fsp3) is 0.0635. The molecule has 0 amide bonds. The van der Waals surface area contributed by atoms with Crippen molar-refractivity contribution in [1.82, 2.24) is 9.97 Å². The van der Waals surface area contributed by atoms with Gasteiger partial charge in [-0.15, -0.1) is 0 Å². The Bertz CT molecular complexity index is 3970. The molecule has 0 N–H and O–H groups in total. The molecule has 66 heavy (non-hydrogen) atoms. The largest absolute Gasteiger partial charge is 0.276 e. The van der Waals surface area contributed by atoms with Gasteiger partial charge in [0.2, 0.25) is 0 Å². The van der Waals surface area contributed by atoms with Crippen LogP contribution in [0, 0.1) is 0 Å². The average molecular weight is 840 g/mol. The van der Waals surface area contributed by atoms with E-state index in [2.05, 4.69) is 212 Å². The lowest BCUT2D eigenvalue weighted by Gasteiger charge is -2.32. The van der Waals surface area contributed by atoms with Gasteiger partial charge in [-0.3, -0.25) is 4.99 Å². The maximum absolute atomic E-state index is 5.53. The predicted octanol–water partition coefficient (Wildman–Crippen LogP) is 15.5. The molecule has 308 valence electrons. The van der Waals surface area contributed by atoms with Crippen LogP contribution in [0.25, 0.3) is 93.5 Å². The van der Waals surface area contributed by atoms with E-state index in [1.165, 1.54) is 70.9 Å². The Balaban J connectivity index is 0.832. The summed E-state index contributed by atoms with van der Waals surface area (Å²) in [5, 5.41) is 12.5. The molecule has 0 fully saturated rings. The van der Waals surface area contributed by atoms with Gasteiger partial charge in [0.1, 0.15) is 0 Å². The molecule has 2 aromatic heterocycles. The summed E-state index contributed by atoms with van der Waals surface area (Å²) in [4.78, 5) is 16.0. The van der Waals surface area contributed by atoms with E-state index in [4.69, 9.17) is 15.0 Å².